The van der Waals surface area contributed by atoms with E-state index in [-0.39, 0.29) is 0 Å². The summed E-state index contributed by atoms with van der Waals surface area (Å²) in [6.45, 7) is 0. The number of rotatable bonds is 2. The van der Waals surface area contributed by atoms with Crippen LogP contribution in [0, 0.1) is 0 Å². The second-order valence-corrected chi connectivity index (χ2v) is 4.53. The first-order chi connectivity index (χ1) is 9.34. The fourth-order valence-electron chi connectivity index (χ4n) is 2.26. The van der Waals surface area contributed by atoms with Crippen molar-refractivity contribution in [3.8, 4) is 0 Å². The number of hydrogen-bond acceptors (Lipinski definition) is 1. The van der Waals surface area contributed by atoms with Gasteiger partial charge in [-0.2, -0.15) is 0 Å². The molecule has 0 aromatic heterocycles. The van der Waals surface area contributed by atoms with E-state index in [4.69, 9.17) is 5.73 Å². The van der Waals surface area contributed by atoms with Gasteiger partial charge in [0, 0.05) is 5.70 Å². The molecule has 92 valence electrons. The zero-order chi connectivity index (χ0) is 13.1. The molecule has 0 radical (unpaired) electrons. The highest BCUT2D eigenvalue weighted by atomic mass is 14.6. The van der Waals surface area contributed by atoms with Crippen molar-refractivity contribution in [1.29, 1.82) is 0 Å². The van der Waals surface area contributed by atoms with Crippen molar-refractivity contribution in [3.63, 3.8) is 0 Å². The third kappa shape index (κ3) is 2.36. The Labute approximate surface area is 113 Å². The molecule has 3 rings (SSSR count). The maximum absolute atomic E-state index is 6.18. The normalized spacial score (nSPS) is 11.7. The molecule has 3 aromatic rings. The molecule has 0 aliphatic heterocycles. The first kappa shape index (κ1) is 11.5. The van der Waals surface area contributed by atoms with Crippen LogP contribution in [0.3, 0.4) is 0 Å². The van der Waals surface area contributed by atoms with E-state index in [2.05, 4.69) is 42.5 Å². The number of hydrogen-bond donors (Lipinski definition) is 1. The van der Waals surface area contributed by atoms with Gasteiger partial charge in [0.15, 0.2) is 0 Å². The van der Waals surface area contributed by atoms with Crippen LogP contribution in [0.1, 0.15) is 11.1 Å². The summed E-state index contributed by atoms with van der Waals surface area (Å²) in [4.78, 5) is 0. The summed E-state index contributed by atoms with van der Waals surface area (Å²) in [7, 11) is 0. The fourth-order valence-corrected chi connectivity index (χ4v) is 2.26. The smallest absolute Gasteiger partial charge is 0.0393 e. The highest BCUT2D eigenvalue weighted by molar-refractivity contribution is 5.94. The molecule has 0 saturated heterocycles. The average Bonchev–Trinajstić information content (AvgIpc) is 2.48. The fraction of sp³-hybridized carbons (Fsp3) is 0. The minimum atomic E-state index is 0.789. The third-order valence-electron chi connectivity index (χ3n) is 3.24. The van der Waals surface area contributed by atoms with Crippen LogP contribution < -0.4 is 5.73 Å². The molecule has 0 saturated carbocycles. The lowest BCUT2D eigenvalue weighted by molar-refractivity contribution is 1.53. The van der Waals surface area contributed by atoms with Crippen molar-refractivity contribution in [2.45, 2.75) is 0 Å². The van der Waals surface area contributed by atoms with Crippen LogP contribution in [0.25, 0.3) is 22.5 Å². The summed E-state index contributed by atoms with van der Waals surface area (Å²) >= 11 is 0. The summed E-state index contributed by atoms with van der Waals surface area (Å²) in [6.07, 6.45) is 2.04. The molecule has 0 aliphatic rings. The summed E-state index contributed by atoms with van der Waals surface area (Å²) in [5.41, 5.74) is 9.17. The van der Waals surface area contributed by atoms with Crippen LogP contribution in [-0.4, -0.2) is 0 Å². The summed E-state index contributed by atoms with van der Waals surface area (Å²) < 4.78 is 0. The van der Waals surface area contributed by atoms with Gasteiger partial charge in [0.2, 0.25) is 0 Å². The molecule has 19 heavy (non-hydrogen) atoms. The van der Waals surface area contributed by atoms with Crippen molar-refractivity contribution in [1.82, 2.24) is 0 Å². The minimum Gasteiger partial charge on any atom is -0.398 e. The standard InChI is InChI=1S/C18H15N/c19-18(15-8-2-1-3-9-15)13-16-11-6-10-14-7-4-5-12-17(14)16/h1-13H,19H2. The Morgan fingerprint density at radius 3 is 2.26 bits per heavy atom. The molecule has 1 heteroatoms. The Kier molecular flexibility index (Phi) is 3.03. The molecule has 3 aromatic carbocycles. The van der Waals surface area contributed by atoms with E-state index in [9.17, 15) is 0 Å². The first-order valence-electron chi connectivity index (χ1n) is 6.35. The predicted octanol–water partition coefficient (Wildman–Crippen LogP) is 4.30. The van der Waals surface area contributed by atoms with Gasteiger partial charge in [-0.1, -0.05) is 72.8 Å². The maximum Gasteiger partial charge on any atom is 0.0393 e. The van der Waals surface area contributed by atoms with Gasteiger partial charge in [-0.25, -0.2) is 0 Å². The van der Waals surface area contributed by atoms with Gasteiger partial charge < -0.3 is 5.73 Å². The minimum absolute atomic E-state index is 0.789. The first-order valence-corrected chi connectivity index (χ1v) is 6.35. The molecule has 0 unspecified atom stereocenters. The number of nitrogens with two attached hydrogens (primary N) is 1. The van der Waals surface area contributed by atoms with E-state index in [1.165, 1.54) is 10.8 Å². The van der Waals surface area contributed by atoms with Gasteiger partial charge in [-0.15, -0.1) is 0 Å². The van der Waals surface area contributed by atoms with E-state index in [0.717, 1.165) is 16.8 Å². The Morgan fingerprint density at radius 2 is 1.42 bits per heavy atom. The van der Waals surface area contributed by atoms with Crippen LogP contribution in [0.2, 0.25) is 0 Å². The topological polar surface area (TPSA) is 26.0 Å². The Hall–Kier alpha value is -2.54. The van der Waals surface area contributed by atoms with E-state index < -0.39 is 0 Å². The molecular weight excluding hydrogens is 230 g/mol. The van der Waals surface area contributed by atoms with Crippen LogP contribution >= 0.6 is 0 Å². The van der Waals surface area contributed by atoms with Crippen molar-refractivity contribution in [2.24, 2.45) is 5.73 Å². The lowest BCUT2D eigenvalue weighted by Crippen LogP contribution is -1.95. The van der Waals surface area contributed by atoms with E-state index in [0.29, 0.717) is 0 Å². The highest BCUT2D eigenvalue weighted by Gasteiger charge is 2.00. The summed E-state index contributed by atoms with van der Waals surface area (Å²) in [6, 6.07) is 24.7. The second kappa shape index (κ2) is 4.99. The van der Waals surface area contributed by atoms with Gasteiger partial charge in [-0.05, 0) is 28.0 Å². The summed E-state index contributed by atoms with van der Waals surface area (Å²) in [5.74, 6) is 0. The van der Waals surface area contributed by atoms with Gasteiger partial charge in [0.25, 0.3) is 0 Å². The molecular formula is C18H15N. The van der Waals surface area contributed by atoms with E-state index in [1.54, 1.807) is 0 Å². The lowest BCUT2D eigenvalue weighted by Gasteiger charge is -2.05. The van der Waals surface area contributed by atoms with Crippen molar-refractivity contribution in [2.75, 3.05) is 0 Å². The Morgan fingerprint density at radius 1 is 0.737 bits per heavy atom. The second-order valence-electron chi connectivity index (χ2n) is 4.53. The van der Waals surface area contributed by atoms with Crippen molar-refractivity contribution < 1.29 is 0 Å². The number of benzene rings is 3. The zero-order valence-corrected chi connectivity index (χ0v) is 10.6. The van der Waals surface area contributed by atoms with Gasteiger partial charge in [0.1, 0.15) is 0 Å². The summed E-state index contributed by atoms with van der Waals surface area (Å²) in [5, 5.41) is 2.46. The molecule has 0 fully saturated rings. The molecule has 0 aliphatic carbocycles. The van der Waals surface area contributed by atoms with Crippen molar-refractivity contribution in [3.05, 3.63) is 83.9 Å². The van der Waals surface area contributed by atoms with Gasteiger partial charge in [0.05, 0.1) is 0 Å². The average molecular weight is 245 g/mol. The van der Waals surface area contributed by atoms with Crippen LogP contribution in [0.5, 0.6) is 0 Å². The van der Waals surface area contributed by atoms with Crippen LogP contribution in [0.4, 0.5) is 0 Å². The van der Waals surface area contributed by atoms with Gasteiger partial charge >= 0.3 is 0 Å². The molecule has 1 nitrogen and oxygen atoms in total. The maximum atomic E-state index is 6.18. The number of fused-ring (bicyclic) bond motifs is 1. The molecule has 0 spiro atoms. The van der Waals surface area contributed by atoms with Crippen LogP contribution in [0.15, 0.2) is 72.8 Å². The molecule has 0 atom stereocenters. The Balaban J connectivity index is 2.11. The largest absolute Gasteiger partial charge is 0.398 e. The molecule has 0 bridgehead atoms. The molecule has 2 N–H and O–H groups in total. The van der Waals surface area contributed by atoms with Gasteiger partial charge in [-0.3, -0.25) is 0 Å². The third-order valence-corrected chi connectivity index (χ3v) is 3.24. The SMILES string of the molecule is NC(=Cc1cccc2ccccc12)c1ccccc1. The molecule has 0 heterocycles. The van der Waals surface area contributed by atoms with Crippen molar-refractivity contribution >= 4 is 22.5 Å². The van der Waals surface area contributed by atoms with E-state index in [1.807, 2.05) is 36.4 Å². The predicted molar refractivity (Wildman–Crippen MR) is 82.4 cm³/mol. The quantitative estimate of drug-likeness (QED) is 0.669. The van der Waals surface area contributed by atoms with Crippen LogP contribution in [-0.2, 0) is 0 Å². The Bertz CT molecular complexity index is 722. The zero-order valence-electron chi connectivity index (χ0n) is 10.6. The highest BCUT2D eigenvalue weighted by Crippen LogP contribution is 2.22. The lowest BCUT2D eigenvalue weighted by atomic mass is 10.0. The monoisotopic (exact) mass is 245 g/mol. The molecule has 0 amide bonds. The van der Waals surface area contributed by atoms with E-state index >= 15 is 0 Å².